The molecule has 2 aromatic carbocycles. The fourth-order valence-corrected chi connectivity index (χ4v) is 3.95. The predicted molar refractivity (Wildman–Crippen MR) is 127 cm³/mol. The number of para-hydroxylation sites is 1. The average Bonchev–Trinajstić information content (AvgIpc) is 2.84. The molecule has 2 heterocycles. The van der Waals surface area contributed by atoms with E-state index in [-0.39, 0.29) is 36.9 Å². The molecule has 188 valence electrons. The molecule has 2 amide bonds. The van der Waals surface area contributed by atoms with Crippen LogP contribution in [0.15, 0.2) is 65.5 Å². The van der Waals surface area contributed by atoms with E-state index >= 15 is 0 Å². The molecule has 0 aliphatic carbocycles. The summed E-state index contributed by atoms with van der Waals surface area (Å²) in [5, 5.41) is 6.93. The molecule has 1 aliphatic heterocycles. The van der Waals surface area contributed by atoms with Crippen LogP contribution < -0.4 is 10.7 Å². The number of hydrogen-bond acceptors (Lipinski definition) is 5. The average molecular weight is 499 g/mol. The number of hydrogen-bond donors (Lipinski definition) is 1. The third-order valence-electron chi connectivity index (χ3n) is 5.81. The number of carbonyl (C=O) groups is 2. The van der Waals surface area contributed by atoms with Gasteiger partial charge in [0.1, 0.15) is 0 Å². The Kier molecular flexibility index (Phi) is 7.20. The summed E-state index contributed by atoms with van der Waals surface area (Å²) in [4.78, 5) is 41.3. The molecule has 3 aromatic rings. The number of nitrogens with one attached hydrogen (secondary N) is 1. The quantitative estimate of drug-likeness (QED) is 0.584. The van der Waals surface area contributed by atoms with Gasteiger partial charge in [-0.05, 0) is 37.3 Å². The number of rotatable bonds is 5. The number of benzene rings is 2. The minimum absolute atomic E-state index is 0.0885. The van der Waals surface area contributed by atoms with Crippen molar-refractivity contribution in [3.05, 3.63) is 87.8 Å². The Bertz CT molecular complexity index is 1320. The van der Waals surface area contributed by atoms with E-state index in [1.807, 2.05) is 23.1 Å². The summed E-state index contributed by atoms with van der Waals surface area (Å²) >= 11 is 0. The van der Waals surface area contributed by atoms with Crippen LogP contribution >= 0.6 is 0 Å². The molecule has 1 aliphatic rings. The number of aryl methyl sites for hydroxylation is 1. The summed E-state index contributed by atoms with van der Waals surface area (Å²) in [6.45, 7) is 3.07. The van der Waals surface area contributed by atoms with Gasteiger partial charge in [0, 0.05) is 43.6 Å². The summed E-state index contributed by atoms with van der Waals surface area (Å²) in [5.41, 5.74) is -0.756. The molecule has 8 nitrogen and oxygen atoms in total. The molecule has 36 heavy (non-hydrogen) atoms. The summed E-state index contributed by atoms with van der Waals surface area (Å²) in [6, 6.07) is 14.8. The Morgan fingerprint density at radius 3 is 2.33 bits per heavy atom. The molecule has 0 atom stereocenters. The number of alkyl halides is 3. The second-order valence-electron chi connectivity index (χ2n) is 8.44. The van der Waals surface area contributed by atoms with E-state index in [9.17, 15) is 27.6 Å². The molecule has 11 heteroatoms. The molecule has 1 N–H and O–H groups in total. The van der Waals surface area contributed by atoms with Crippen molar-refractivity contribution in [1.82, 2.24) is 19.6 Å². The fraction of sp³-hybridized carbons (Fsp3) is 0.280. The van der Waals surface area contributed by atoms with Gasteiger partial charge >= 0.3 is 6.18 Å². The van der Waals surface area contributed by atoms with Crippen LogP contribution in [0.5, 0.6) is 0 Å². The van der Waals surface area contributed by atoms with Crippen molar-refractivity contribution in [1.29, 1.82) is 0 Å². The van der Waals surface area contributed by atoms with Gasteiger partial charge in [0.15, 0.2) is 5.69 Å². The zero-order chi connectivity index (χ0) is 25.9. The van der Waals surface area contributed by atoms with Gasteiger partial charge in [0.2, 0.25) is 11.3 Å². The number of aromatic nitrogens is 2. The first-order chi connectivity index (χ1) is 17.1. The number of anilines is 1. The molecule has 1 fully saturated rings. The Morgan fingerprint density at radius 2 is 1.67 bits per heavy atom. The number of halogens is 3. The van der Waals surface area contributed by atoms with Crippen LogP contribution in [0.1, 0.15) is 21.7 Å². The highest BCUT2D eigenvalue weighted by Crippen LogP contribution is 2.30. The van der Waals surface area contributed by atoms with Crippen LogP contribution in [0.4, 0.5) is 18.9 Å². The Labute approximate surface area is 204 Å². The van der Waals surface area contributed by atoms with E-state index in [4.69, 9.17) is 0 Å². The van der Waals surface area contributed by atoms with E-state index in [0.717, 1.165) is 16.8 Å². The zero-order valence-corrected chi connectivity index (χ0v) is 19.5. The van der Waals surface area contributed by atoms with Crippen molar-refractivity contribution in [2.75, 3.05) is 38.0 Å². The lowest BCUT2D eigenvalue weighted by molar-refractivity contribution is -0.137. The maximum atomic E-state index is 13.1. The first-order valence-electron chi connectivity index (χ1n) is 11.3. The van der Waals surface area contributed by atoms with Crippen molar-refractivity contribution in [2.24, 2.45) is 0 Å². The van der Waals surface area contributed by atoms with Crippen molar-refractivity contribution in [2.45, 2.75) is 13.1 Å². The number of nitrogens with zero attached hydrogens (tertiary/aromatic N) is 4. The predicted octanol–water partition coefficient (Wildman–Crippen LogP) is 2.96. The lowest BCUT2D eigenvalue weighted by atomic mass is 10.2. The molecular weight excluding hydrogens is 475 g/mol. The van der Waals surface area contributed by atoms with Crippen LogP contribution in [-0.4, -0.2) is 64.1 Å². The minimum atomic E-state index is -4.54. The normalized spacial score (nSPS) is 14.5. The lowest BCUT2D eigenvalue weighted by Gasteiger charge is -2.34. The molecule has 4 rings (SSSR count). The van der Waals surface area contributed by atoms with Crippen LogP contribution in [0, 0.1) is 6.92 Å². The maximum Gasteiger partial charge on any atom is 0.416 e. The Balaban J connectivity index is 1.44. The van der Waals surface area contributed by atoms with Gasteiger partial charge in [-0.15, -0.1) is 0 Å². The van der Waals surface area contributed by atoms with E-state index in [1.54, 1.807) is 12.1 Å². The highest BCUT2D eigenvalue weighted by atomic mass is 19.4. The minimum Gasteiger partial charge on any atom is -0.335 e. The SMILES string of the molecule is Cc1cc(=O)c(C(=O)N2CCN(CC(=O)Nc3ccccc3)CC2)nn1-c1cccc(C(F)(F)F)c1. The van der Waals surface area contributed by atoms with E-state index in [0.29, 0.717) is 24.5 Å². The van der Waals surface area contributed by atoms with Crippen LogP contribution in [-0.2, 0) is 11.0 Å². The highest BCUT2D eigenvalue weighted by Gasteiger charge is 2.31. The van der Waals surface area contributed by atoms with Crippen molar-refractivity contribution in [3.8, 4) is 5.69 Å². The number of piperazine rings is 1. The van der Waals surface area contributed by atoms with E-state index in [2.05, 4.69) is 10.4 Å². The summed E-state index contributed by atoms with van der Waals surface area (Å²) in [7, 11) is 0. The second kappa shape index (κ2) is 10.3. The van der Waals surface area contributed by atoms with E-state index < -0.39 is 23.1 Å². The Hall–Kier alpha value is -3.99. The summed E-state index contributed by atoms with van der Waals surface area (Å²) < 4.78 is 40.6. The van der Waals surface area contributed by atoms with Gasteiger partial charge in [0.25, 0.3) is 5.91 Å². The topological polar surface area (TPSA) is 87.5 Å². The maximum absolute atomic E-state index is 13.1. The zero-order valence-electron chi connectivity index (χ0n) is 19.5. The molecule has 0 unspecified atom stereocenters. The van der Waals surface area contributed by atoms with E-state index in [1.165, 1.54) is 30.0 Å². The summed E-state index contributed by atoms with van der Waals surface area (Å²) in [5.74, 6) is -0.778. The third-order valence-corrected chi connectivity index (χ3v) is 5.81. The smallest absolute Gasteiger partial charge is 0.335 e. The molecule has 1 saturated heterocycles. The molecular formula is C25H24F3N5O3. The van der Waals surface area contributed by atoms with Crippen molar-refractivity contribution < 1.29 is 22.8 Å². The monoisotopic (exact) mass is 499 g/mol. The van der Waals surface area contributed by atoms with Crippen molar-refractivity contribution >= 4 is 17.5 Å². The van der Waals surface area contributed by atoms with Crippen LogP contribution in [0.3, 0.4) is 0 Å². The highest BCUT2D eigenvalue weighted by molar-refractivity contribution is 5.93. The molecule has 0 spiro atoms. The third kappa shape index (κ3) is 5.80. The van der Waals surface area contributed by atoms with Gasteiger partial charge < -0.3 is 10.2 Å². The van der Waals surface area contributed by atoms with Gasteiger partial charge in [-0.1, -0.05) is 24.3 Å². The number of carbonyl (C=O) groups excluding carboxylic acids is 2. The van der Waals surface area contributed by atoms with Crippen LogP contribution in [0.25, 0.3) is 5.69 Å². The van der Waals surface area contributed by atoms with Gasteiger partial charge in [-0.2, -0.15) is 18.3 Å². The fourth-order valence-electron chi connectivity index (χ4n) is 3.95. The summed E-state index contributed by atoms with van der Waals surface area (Å²) in [6.07, 6.45) is -4.54. The molecule has 0 saturated carbocycles. The lowest BCUT2D eigenvalue weighted by Crippen LogP contribution is -2.51. The van der Waals surface area contributed by atoms with Gasteiger partial charge in [0.05, 0.1) is 17.8 Å². The van der Waals surface area contributed by atoms with Gasteiger partial charge in [-0.25, -0.2) is 4.68 Å². The van der Waals surface area contributed by atoms with Crippen molar-refractivity contribution in [3.63, 3.8) is 0 Å². The number of amides is 2. The molecule has 0 bridgehead atoms. The second-order valence-corrected chi connectivity index (χ2v) is 8.44. The first-order valence-corrected chi connectivity index (χ1v) is 11.3. The Morgan fingerprint density at radius 1 is 0.972 bits per heavy atom. The molecule has 0 radical (unpaired) electrons. The first kappa shape index (κ1) is 25.1. The van der Waals surface area contributed by atoms with Crippen LogP contribution in [0.2, 0.25) is 0 Å². The standard InChI is InChI=1S/C25H24F3N5O3/c1-17-14-21(34)23(30-33(17)20-9-5-6-18(15-20)25(26,27)28)24(36)32-12-10-31(11-13-32)16-22(35)29-19-7-3-2-4-8-19/h2-9,14-15H,10-13,16H2,1H3,(H,29,35). The largest absolute Gasteiger partial charge is 0.416 e. The van der Waals surface area contributed by atoms with Gasteiger partial charge in [-0.3, -0.25) is 19.3 Å². The molecule has 1 aromatic heterocycles.